The molecule has 34 heavy (non-hydrogen) atoms. The molecule has 2 atom stereocenters. The van der Waals surface area contributed by atoms with Crippen LogP contribution in [0, 0.1) is 0 Å². The second-order valence-electron chi connectivity index (χ2n) is 9.42. The fourth-order valence-electron chi connectivity index (χ4n) is 4.64. The number of carbonyl (C=O) groups excluding carboxylic acids is 1. The summed E-state index contributed by atoms with van der Waals surface area (Å²) >= 11 is 8.00. The van der Waals surface area contributed by atoms with E-state index >= 15 is 0 Å². The van der Waals surface area contributed by atoms with Gasteiger partial charge in [-0.25, -0.2) is 18.2 Å². The van der Waals surface area contributed by atoms with Crippen molar-refractivity contribution in [2.45, 2.75) is 38.6 Å². The van der Waals surface area contributed by atoms with Crippen LogP contribution in [0.1, 0.15) is 43.7 Å². The van der Waals surface area contributed by atoms with Crippen molar-refractivity contribution in [2.75, 3.05) is 56.3 Å². The number of amides is 1. The molecule has 1 amide bonds. The molecule has 2 aliphatic rings. The summed E-state index contributed by atoms with van der Waals surface area (Å²) in [5.74, 6) is 2.01. The highest BCUT2D eigenvalue weighted by Crippen LogP contribution is 2.40. The van der Waals surface area contributed by atoms with E-state index in [-0.39, 0.29) is 17.7 Å². The first-order valence-corrected chi connectivity index (χ1v) is 13.0. The van der Waals surface area contributed by atoms with Gasteiger partial charge in [-0.05, 0) is 38.6 Å². The van der Waals surface area contributed by atoms with Crippen LogP contribution in [0.15, 0.2) is 30.6 Å². The molecule has 10 heteroatoms. The zero-order valence-electron chi connectivity index (χ0n) is 20.1. The van der Waals surface area contributed by atoms with Crippen molar-refractivity contribution in [1.29, 1.82) is 0 Å². The van der Waals surface area contributed by atoms with Crippen LogP contribution in [0.25, 0.3) is 0 Å². The van der Waals surface area contributed by atoms with Gasteiger partial charge in [0, 0.05) is 55.3 Å². The van der Waals surface area contributed by atoms with E-state index in [2.05, 4.69) is 47.6 Å². The lowest BCUT2D eigenvalue weighted by molar-refractivity contribution is -0.133. The Labute approximate surface area is 220 Å². The van der Waals surface area contributed by atoms with Gasteiger partial charge in [0.05, 0.1) is 12.5 Å². The number of anilines is 2. The van der Waals surface area contributed by atoms with Gasteiger partial charge >= 0.3 is 0 Å². The quantitative estimate of drug-likeness (QED) is 0.445. The third-order valence-electron chi connectivity index (χ3n) is 6.91. The van der Waals surface area contributed by atoms with E-state index in [1.807, 2.05) is 57.2 Å². The van der Waals surface area contributed by atoms with Crippen LogP contribution < -0.4 is 9.96 Å². The molecule has 1 fully saturated rings. The normalized spacial score (nSPS) is 19.2. The Balaban J connectivity index is 1.49. The first kappa shape index (κ1) is 25.4. The van der Waals surface area contributed by atoms with Gasteiger partial charge in [-0.3, -0.25) is 4.79 Å². The Morgan fingerprint density at radius 2 is 1.82 bits per heavy atom. The predicted molar refractivity (Wildman–Crippen MR) is 144 cm³/mol. The lowest BCUT2D eigenvalue weighted by Gasteiger charge is -2.38. The van der Waals surface area contributed by atoms with E-state index in [0.717, 1.165) is 42.4 Å². The zero-order valence-corrected chi connectivity index (χ0v) is 23.0. The van der Waals surface area contributed by atoms with E-state index in [1.54, 1.807) is 6.33 Å². The van der Waals surface area contributed by atoms with Crippen molar-refractivity contribution >= 4 is 52.1 Å². The van der Waals surface area contributed by atoms with Crippen LogP contribution >= 0.6 is 34.6 Å². The van der Waals surface area contributed by atoms with Crippen LogP contribution in [0.2, 0.25) is 5.02 Å². The first-order chi connectivity index (χ1) is 16.3. The molecule has 1 aromatic carbocycles. The molecule has 3 heterocycles. The van der Waals surface area contributed by atoms with Gasteiger partial charge in [0.2, 0.25) is 5.91 Å². The monoisotopic (exact) mass is 598 g/mol. The molecule has 8 nitrogen and oxygen atoms in total. The number of piperazine rings is 1. The topological polar surface area (TPSA) is 65.0 Å². The molecule has 1 saturated heterocycles. The Kier molecular flexibility index (Phi) is 8.16. The SMILES string of the molecule is CC(C)N(C)C[C@@H](C(=O)N1CCN(c2ncnc3c2[C@H](C)CN3OI)CC1)c1ccc(Cl)cc1. The van der Waals surface area contributed by atoms with Crippen LogP contribution in [-0.2, 0) is 7.96 Å². The molecule has 1 aromatic heterocycles. The summed E-state index contributed by atoms with van der Waals surface area (Å²) in [6.45, 7) is 10.7. The minimum atomic E-state index is -0.228. The summed E-state index contributed by atoms with van der Waals surface area (Å²) < 4.78 is 5.45. The number of hydrogen-bond donors (Lipinski definition) is 0. The fourth-order valence-corrected chi connectivity index (χ4v) is 5.11. The van der Waals surface area contributed by atoms with Crippen LogP contribution in [0.4, 0.5) is 11.6 Å². The smallest absolute Gasteiger partial charge is 0.231 e. The average molecular weight is 599 g/mol. The predicted octanol–water partition coefficient (Wildman–Crippen LogP) is 4.11. The Hall–Kier alpha value is -1.69. The molecule has 0 bridgehead atoms. The average Bonchev–Trinajstić information content (AvgIpc) is 3.18. The summed E-state index contributed by atoms with van der Waals surface area (Å²) in [4.78, 5) is 29.3. The van der Waals surface area contributed by atoms with Crippen molar-refractivity contribution in [3.05, 3.63) is 46.7 Å². The summed E-state index contributed by atoms with van der Waals surface area (Å²) in [5, 5.41) is 2.49. The van der Waals surface area contributed by atoms with Crippen LogP contribution in [-0.4, -0.2) is 78.0 Å². The highest BCUT2D eigenvalue weighted by Gasteiger charge is 2.35. The number of likely N-dealkylation sites (N-methyl/N-ethyl adjacent to an activating group) is 1. The lowest BCUT2D eigenvalue weighted by Crippen LogP contribution is -2.51. The Morgan fingerprint density at radius 1 is 1.18 bits per heavy atom. The van der Waals surface area contributed by atoms with E-state index < -0.39 is 0 Å². The maximum absolute atomic E-state index is 13.7. The molecular formula is C24H32ClIN6O2. The van der Waals surface area contributed by atoms with Gasteiger partial charge in [0.25, 0.3) is 0 Å². The molecule has 0 radical (unpaired) electrons. The summed E-state index contributed by atoms with van der Waals surface area (Å²) in [5.41, 5.74) is 2.13. The van der Waals surface area contributed by atoms with Crippen LogP contribution in [0.5, 0.6) is 0 Å². The van der Waals surface area contributed by atoms with E-state index in [9.17, 15) is 4.79 Å². The van der Waals surface area contributed by atoms with E-state index in [0.29, 0.717) is 30.7 Å². The summed E-state index contributed by atoms with van der Waals surface area (Å²) in [7, 11) is 2.07. The molecule has 0 unspecified atom stereocenters. The molecule has 0 saturated carbocycles. The van der Waals surface area contributed by atoms with Gasteiger partial charge in [-0.1, -0.05) is 30.7 Å². The van der Waals surface area contributed by atoms with Crippen molar-refractivity contribution in [3.63, 3.8) is 0 Å². The lowest BCUT2D eigenvalue weighted by atomic mass is 9.96. The summed E-state index contributed by atoms with van der Waals surface area (Å²) in [6, 6.07) is 8.03. The summed E-state index contributed by atoms with van der Waals surface area (Å²) in [6.07, 6.45) is 1.60. The standard InChI is InChI=1S/C24H32ClIN6O2/c1-16(2)29(4)14-20(18-5-7-19(25)8-6-18)24(33)31-11-9-30(10-12-31)22-21-17(3)13-32(34-26)23(21)28-15-27-22/h5-8,15-17,20H,9-14H2,1-4H3/t17-,20-/m1/s1. The highest BCUT2D eigenvalue weighted by atomic mass is 127. The fraction of sp³-hybridized carbons (Fsp3) is 0.542. The molecule has 2 aliphatic heterocycles. The number of hydroxylamine groups is 1. The molecule has 0 N–H and O–H groups in total. The second kappa shape index (κ2) is 10.9. The number of halogens is 2. The molecule has 4 rings (SSSR count). The molecular weight excluding hydrogens is 567 g/mol. The van der Waals surface area contributed by atoms with Crippen molar-refractivity contribution in [1.82, 2.24) is 19.8 Å². The second-order valence-corrected chi connectivity index (χ2v) is 10.2. The van der Waals surface area contributed by atoms with Gasteiger partial charge in [-0.2, -0.15) is 0 Å². The molecule has 2 aromatic rings. The molecule has 0 spiro atoms. The van der Waals surface area contributed by atoms with Crippen molar-refractivity contribution in [2.24, 2.45) is 0 Å². The Bertz CT molecular complexity index is 999. The molecule has 184 valence electrons. The van der Waals surface area contributed by atoms with E-state index in [1.165, 1.54) is 0 Å². The molecule has 0 aliphatic carbocycles. The number of carbonyl (C=O) groups is 1. The van der Waals surface area contributed by atoms with Gasteiger partial charge in [-0.15, -0.1) is 0 Å². The number of fused-ring (bicyclic) bond motifs is 1. The first-order valence-electron chi connectivity index (χ1n) is 11.7. The number of rotatable bonds is 7. The number of benzene rings is 1. The van der Waals surface area contributed by atoms with Crippen molar-refractivity contribution in [3.8, 4) is 0 Å². The minimum Gasteiger partial charge on any atom is -0.353 e. The number of hydrogen-bond acceptors (Lipinski definition) is 7. The zero-order chi connectivity index (χ0) is 24.4. The third-order valence-corrected chi connectivity index (χ3v) is 7.63. The largest absolute Gasteiger partial charge is 0.353 e. The van der Waals surface area contributed by atoms with E-state index in [4.69, 9.17) is 14.8 Å². The Morgan fingerprint density at radius 3 is 2.44 bits per heavy atom. The number of nitrogens with zero attached hydrogens (tertiary/aromatic N) is 6. The minimum absolute atomic E-state index is 0.167. The van der Waals surface area contributed by atoms with Gasteiger partial charge in [0.1, 0.15) is 35.2 Å². The van der Waals surface area contributed by atoms with Crippen LogP contribution in [0.3, 0.4) is 0 Å². The maximum atomic E-state index is 13.7. The van der Waals surface area contributed by atoms with Gasteiger partial charge in [0.15, 0.2) is 5.82 Å². The van der Waals surface area contributed by atoms with Crippen molar-refractivity contribution < 1.29 is 7.96 Å². The number of aromatic nitrogens is 2. The third kappa shape index (κ3) is 5.27. The maximum Gasteiger partial charge on any atom is 0.231 e. The highest BCUT2D eigenvalue weighted by molar-refractivity contribution is 14.1. The van der Waals surface area contributed by atoms with Gasteiger partial charge < -0.3 is 14.7 Å².